The van der Waals surface area contributed by atoms with Crippen molar-refractivity contribution in [3.8, 4) is 11.3 Å². The largest absolute Gasteiger partial charge is 0.442 e. The summed E-state index contributed by atoms with van der Waals surface area (Å²) in [6.45, 7) is 2.46. The van der Waals surface area contributed by atoms with Gasteiger partial charge in [-0.25, -0.2) is 27.7 Å². The molecule has 4 aliphatic rings. The van der Waals surface area contributed by atoms with Crippen molar-refractivity contribution >= 4 is 23.9 Å². The van der Waals surface area contributed by atoms with Gasteiger partial charge < -0.3 is 39.2 Å². The van der Waals surface area contributed by atoms with Gasteiger partial charge in [0.25, 0.3) is 11.8 Å². The monoisotopic (exact) mass is 793 g/mol. The van der Waals surface area contributed by atoms with Crippen molar-refractivity contribution in [2.75, 3.05) is 72.2 Å². The highest BCUT2D eigenvalue weighted by atomic mass is 19.1. The van der Waals surface area contributed by atoms with Gasteiger partial charge in [0.2, 0.25) is 0 Å². The van der Waals surface area contributed by atoms with E-state index in [1.54, 1.807) is 16.0 Å². The van der Waals surface area contributed by atoms with E-state index in [0.717, 1.165) is 28.7 Å². The van der Waals surface area contributed by atoms with Gasteiger partial charge in [0.1, 0.15) is 29.7 Å². The van der Waals surface area contributed by atoms with Crippen LogP contribution in [-0.4, -0.2) is 133 Å². The first-order valence-corrected chi connectivity index (χ1v) is 19.2. The minimum Gasteiger partial charge on any atom is -0.442 e. The average Bonchev–Trinajstić information content (AvgIpc) is 3.89. The second-order valence-corrected chi connectivity index (χ2v) is 14.6. The van der Waals surface area contributed by atoms with Gasteiger partial charge in [-0.3, -0.25) is 14.5 Å². The Bertz CT molecular complexity index is 1920. The van der Waals surface area contributed by atoms with Crippen LogP contribution in [0.2, 0.25) is 0 Å². The van der Waals surface area contributed by atoms with Gasteiger partial charge in [-0.2, -0.15) is 0 Å². The number of ether oxygens (including phenoxy) is 3. The number of carbonyl (C=O) groups is 4. The Morgan fingerprint density at radius 3 is 2.49 bits per heavy atom. The van der Waals surface area contributed by atoms with Gasteiger partial charge in [-0.1, -0.05) is 30.3 Å². The van der Waals surface area contributed by atoms with E-state index >= 15 is 8.78 Å². The Morgan fingerprint density at radius 1 is 1.02 bits per heavy atom. The highest BCUT2D eigenvalue weighted by Crippen LogP contribution is 2.39. The number of nitrogens with zero attached hydrogens (tertiary/aromatic N) is 5. The maximum Gasteiger partial charge on any atom is 0.407 e. The number of carbonyl (C=O) groups excluding carboxylic acids is 4. The van der Waals surface area contributed by atoms with Gasteiger partial charge in [0, 0.05) is 75.8 Å². The fraction of sp³-hybridized carbons (Fsp3) is 0.475. The Labute approximate surface area is 327 Å². The van der Waals surface area contributed by atoms with E-state index in [2.05, 4.69) is 10.6 Å². The zero-order valence-electron chi connectivity index (χ0n) is 31.4. The number of benzene rings is 2. The van der Waals surface area contributed by atoms with Crippen molar-refractivity contribution in [3.63, 3.8) is 0 Å². The second-order valence-electron chi connectivity index (χ2n) is 14.6. The molecule has 304 valence electrons. The summed E-state index contributed by atoms with van der Waals surface area (Å²) in [5, 5.41) is 5.68. The normalized spacial score (nSPS) is 20.5. The fourth-order valence-electron chi connectivity index (χ4n) is 7.65. The average molecular weight is 794 g/mol. The first-order chi connectivity index (χ1) is 27.6. The lowest BCUT2D eigenvalue weighted by molar-refractivity contribution is -0.137. The summed E-state index contributed by atoms with van der Waals surface area (Å²) < 4.78 is 63.6. The number of imidazole rings is 1. The molecule has 7 rings (SSSR count). The lowest BCUT2D eigenvalue weighted by Crippen LogP contribution is -2.61. The molecule has 0 spiro atoms. The minimum absolute atomic E-state index is 0.0179. The molecule has 0 aliphatic carbocycles. The second kappa shape index (κ2) is 18.3. The van der Waals surface area contributed by atoms with Crippen LogP contribution >= 0.6 is 0 Å². The number of alkyl halides is 1. The Morgan fingerprint density at radius 2 is 1.77 bits per heavy atom. The summed E-state index contributed by atoms with van der Waals surface area (Å²) in [5.41, 5.74) is 1.11. The molecular weight excluding hydrogens is 747 g/mol. The molecule has 5 amide bonds. The summed E-state index contributed by atoms with van der Waals surface area (Å²) in [7, 11) is 0. The van der Waals surface area contributed by atoms with Crippen LogP contribution in [0, 0.1) is 23.5 Å². The quantitative estimate of drug-likeness (QED) is 0.174. The number of halogens is 3. The molecule has 0 radical (unpaired) electrons. The van der Waals surface area contributed by atoms with E-state index in [-0.39, 0.29) is 75.7 Å². The number of urea groups is 1. The summed E-state index contributed by atoms with van der Waals surface area (Å²) in [5.74, 6) is -2.27. The summed E-state index contributed by atoms with van der Waals surface area (Å²) in [6, 6.07) is 11.7. The Kier molecular flexibility index (Phi) is 12.9. The number of imide groups is 1. The molecule has 2 aromatic carbocycles. The molecule has 3 saturated heterocycles. The van der Waals surface area contributed by atoms with Crippen LogP contribution in [-0.2, 0) is 30.3 Å². The number of amides is 5. The van der Waals surface area contributed by atoms with Gasteiger partial charge in [-0.15, -0.1) is 0 Å². The molecule has 0 bridgehead atoms. The summed E-state index contributed by atoms with van der Waals surface area (Å²) in [4.78, 5) is 59.8. The first-order valence-electron chi connectivity index (χ1n) is 19.2. The van der Waals surface area contributed by atoms with Crippen LogP contribution in [0.5, 0.6) is 0 Å². The standard InChI is InChI=1S/C40H46F3N7O7/c41-29-6-7-32(42)31(18-29)34-25-47(21-26-4-2-1-3-5-26)38(46-34)37(27-10-14-55-15-11-27)50(22-28-19-44-20-33(28)43)40(54)48-23-30(24-48)57-39(53)45-12-16-56-17-13-49-35(51)8-9-36(49)52/h1-9,18,25,27-28,30,33,37,44H,10-17,19-24H2,(H,45,53). The molecular formula is C40H46F3N7O7. The molecule has 3 aromatic rings. The summed E-state index contributed by atoms with van der Waals surface area (Å²) >= 11 is 0. The van der Waals surface area contributed by atoms with Crippen molar-refractivity contribution in [1.82, 2.24) is 34.9 Å². The van der Waals surface area contributed by atoms with Gasteiger partial charge >= 0.3 is 12.1 Å². The SMILES string of the molecule is O=C(NCCOCCN1C(=O)C=CC1=O)OC1CN(C(=O)N(CC2CNCC2F)C(c2nc(-c3cc(F)ccc3F)cn2Cc2ccccc2)C2CCOCC2)C1. The summed E-state index contributed by atoms with van der Waals surface area (Å²) in [6.07, 6.45) is 2.75. The molecule has 14 nitrogen and oxygen atoms in total. The molecule has 17 heteroatoms. The van der Waals surface area contributed by atoms with E-state index in [0.29, 0.717) is 45.0 Å². The number of hydrogen-bond donors (Lipinski definition) is 2. The van der Waals surface area contributed by atoms with Crippen LogP contribution in [0.15, 0.2) is 66.9 Å². The zero-order valence-corrected chi connectivity index (χ0v) is 31.4. The molecule has 4 aliphatic heterocycles. The Balaban J connectivity index is 1.08. The predicted octanol–water partition coefficient (Wildman–Crippen LogP) is 3.68. The van der Waals surface area contributed by atoms with E-state index < -0.39 is 53.8 Å². The molecule has 2 N–H and O–H groups in total. The third kappa shape index (κ3) is 9.65. The van der Waals surface area contributed by atoms with Crippen molar-refractivity contribution in [2.45, 2.75) is 37.7 Å². The van der Waals surface area contributed by atoms with Gasteiger partial charge in [-0.05, 0) is 42.5 Å². The molecule has 3 unspecified atom stereocenters. The smallest absolute Gasteiger partial charge is 0.407 e. The molecule has 1 aromatic heterocycles. The number of likely N-dealkylation sites (tertiary alicyclic amines) is 1. The molecule has 3 atom stereocenters. The number of hydrogen-bond acceptors (Lipinski definition) is 9. The lowest BCUT2D eigenvalue weighted by Gasteiger charge is -2.45. The van der Waals surface area contributed by atoms with E-state index in [1.165, 1.54) is 12.2 Å². The van der Waals surface area contributed by atoms with Crippen LogP contribution in [0.1, 0.15) is 30.3 Å². The van der Waals surface area contributed by atoms with Crippen LogP contribution in [0.25, 0.3) is 11.3 Å². The van der Waals surface area contributed by atoms with E-state index in [9.17, 15) is 23.6 Å². The zero-order chi connectivity index (χ0) is 39.9. The molecule has 3 fully saturated rings. The maximum absolute atomic E-state index is 15.3. The number of nitrogens with one attached hydrogen (secondary N) is 2. The fourth-order valence-corrected chi connectivity index (χ4v) is 7.65. The van der Waals surface area contributed by atoms with E-state index in [1.807, 2.05) is 34.9 Å². The number of rotatable bonds is 15. The van der Waals surface area contributed by atoms with Crippen molar-refractivity contribution in [2.24, 2.45) is 11.8 Å². The van der Waals surface area contributed by atoms with Crippen LogP contribution in [0.4, 0.5) is 22.8 Å². The molecule has 5 heterocycles. The van der Waals surface area contributed by atoms with Gasteiger partial charge in [0.15, 0.2) is 0 Å². The van der Waals surface area contributed by atoms with Crippen molar-refractivity contribution in [3.05, 3.63) is 89.9 Å². The first kappa shape index (κ1) is 40.0. The van der Waals surface area contributed by atoms with Crippen LogP contribution < -0.4 is 10.6 Å². The topological polar surface area (TPSA) is 148 Å². The lowest BCUT2D eigenvalue weighted by atomic mass is 9.89. The van der Waals surface area contributed by atoms with Gasteiger partial charge in [0.05, 0.1) is 44.6 Å². The van der Waals surface area contributed by atoms with E-state index in [4.69, 9.17) is 19.2 Å². The predicted molar refractivity (Wildman–Crippen MR) is 199 cm³/mol. The van der Waals surface area contributed by atoms with Crippen LogP contribution in [0.3, 0.4) is 0 Å². The Hall–Kier alpha value is -5.26. The minimum atomic E-state index is -1.20. The third-order valence-corrected chi connectivity index (χ3v) is 10.7. The molecule has 0 saturated carbocycles. The number of alkyl carbamates (subject to hydrolysis) is 1. The highest BCUT2D eigenvalue weighted by molar-refractivity contribution is 6.12. The van der Waals surface area contributed by atoms with Crippen molar-refractivity contribution in [1.29, 1.82) is 0 Å². The number of aromatic nitrogens is 2. The van der Waals surface area contributed by atoms with Crippen molar-refractivity contribution < 1.29 is 46.6 Å². The highest BCUT2D eigenvalue weighted by Gasteiger charge is 2.44. The third-order valence-electron chi connectivity index (χ3n) is 10.7. The molecule has 57 heavy (non-hydrogen) atoms. The maximum atomic E-state index is 15.3.